The van der Waals surface area contributed by atoms with E-state index in [4.69, 9.17) is 4.74 Å². The SMILES string of the molecule is CCn1nccc1C[C@@H]1COc2cc(-c3ccccc3C(=O)CS(=O)(=O)C3(C)CC3)ccc2[C@H]1O. The topological polar surface area (TPSA) is 98.5 Å². The van der Waals surface area contributed by atoms with Crippen LogP contribution in [-0.4, -0.2) is 46.2 Å². The molecule has 0 saturated heterocycles. The number of carbonyl (C=O) groups is 1. The van der Waals surface area contributed by atoms with Gasteiger partial charge in [0.05, 0.1) is 17.5 Å². The number of sulfone groups is 1. The molecule has 7 nitrogen and oxygen atoms in total. The Morgan fingerprint density at radius 3 is 2.71 bits per heavy atom. The molecule has 1 aromatic heterocycles. The molecule has 0 amide bonds. The molecule has 1 saturated carbocycles. The van der Waals surface area contributed by atoms with Gasteiger partial charge in [0.15, 0.2) is 15.6 Å². The van der Waals surface area contributed by atoms with Gasteiger partial charge in [0.25, 0.3) is 0 Å². The maximum atomic E-state index is 13.1. The van der Waals surface area contributed by atoms with Crippen LogP contribution >= 0.6 is 0 Å². The van der Waals surface area contributed by atoms with Crippen LogP contribution in [-0.2, 0) is 22.8 Å². The normalized spacial score (nSPS) is 20.7. The highest BCUT2D eigenvalue weighted by Gasteiger charge is 2.50. The molecule has 1 aliphatic heterocycles. The molecule has 0 spiro atoms. The first-order chi connectivity index (χ1) is 16.7. The largest absolute Gasteiger partial charge is 0.493 e. The van der Waals surface area contributed by atoms with Crippen molar-refractivity contribution in [2.45, 2.75) is 50.5 Å². The zero-order chi connectivity index (χ0) is 24.8. The lowest BCUT2D eigenvalue weighted by Crippen LogP contribution is -2.28. The maximum Gasteiger partial charge on any atom is 0.178 e. The van der Waals surface area contributed by atoms with Crippen LogP contribution in [0.2, 0.25) is 0 Å². The number of aryl methyl sites for hydroxylation is 1. The summed E-state index contributed by atoms with van der Waals surface area (Å²) in [5.74, 6) is -0.412. The molecule has 2 atom stereocenters. The number of aromatic nitrogens is 2. The number of aliphatic hydroxyl groups is 1. The van der Waals surface area contributed by atoms with Crippen LogP contribution in [0.15, 0.2) is 54.7 Å². The molecule has 184 valence electrons. The number of Topliss-reactive ketones (excluding diaryl/α,β-unsaturated/α-hetero) is 1. The fraction of sp³-hybridized carbons (Fsp3) is 0.407. The first-order valence-corrected chi connectivity index (χ1v) is 13.7. The van der Waals surface area contributed by atoms with Gasteiger partial charge in [0.2, 0.25) is 0 Å². The summed E-state index contributed by atoms with van der Waals surface area (Å²) >= 11 is 0. The average Bonchev–Trinajstić information content (AvgIpc) is 3.46. The number of hydrogen-bond donors (Lipinski definition) is 1. The molecule has 2 aromatic carbocycles. The van der Waals surface area contributed by atoms with Crippen LogP contribution in [0.25, 0.3) is 11.1 Å². The van der Waals surface area contributed by atoms with E-state index in [1.54, 1.807) is 25.3 Å². The van der Waals surface area contributed by atoms with Gasteiger partial charge in [-0.25, -0.2) is 8.42 Å². The Morgan fingerprint density at radius 2 is 1.97 bits per heavy atom. The van der Waals surface area contributed by atoms with Crippen LogP contribution < -0.4 is 4.74 Å². The molecule has 0 unspecified atom stereocenters. The van der Waals surface area contributed by atoms with E-state index in [9.17, 15) is 18.3 Å². The number of hydrogen-bond acceptors (Lipinski definition) is 6. The Hall–Kier alpha value is -2.97. The van der Waals surface area contributed by atoms with Gasteiger partial charge in [-0.1, -0.05) is 36.4 Å². The van der Waals surface area contributed by atoms with E-state index in [0.29, 0.717) is 48.3 Å². The van der Waals surface area contributed by atoms with E-state index in [-0.39, 0.29) is 5.92 Å². The standard InChI is InChI=1S/C27H30N2O5S/c1-3-29-20(10-13-28-29)14-19-16-34-25-15-18(8-9-23(25)26(19)31)21-6-4-5-7-22(21)24(30)17-35(32,33)27(2)11-12-27/h4-10,13,15,19,26,31H,3,11-12,14,16-17H2,1-2H3/t19-,26+/m1/s1. The lowest BCUT2D eigenvalue weighted by Gasteiger charge is -2.31. The molecule has 35 heavy (non-hydrogen) atoms. The Labute approximate surface area is 205 Å². The van der Waals surface area contributed by atoms with E-state index in [1.165, 1.54) is 0 Å². The predicted octanol–water partition coefficient (Wildman–Crippen LogP) is 4.00. The Morgan fingerprint density at radius 1 is 1.20 bits per heavy atom. The molecule has 0 radical (unpaired) electrons. The summed E-state index contributed by atoms with van der Waals surface area (Å²) in [6.45, 7) is 4.87. The van der Waals surface area contributed by atoms with Crippen molar-refractivity contribution in [3.05, 3.63) is 71.5 Å². The quantitative estimate of drug-likeness (QED) is 0.475. The molecule has 0 bridgehead atoms. The van der Waals surface area contributed by atoms with Crippen LogP contribution in [0.4, 0.5) is 0 Å². The highest BCUT2D eigenvalue weighted by atomic mass is 32.2. The van der Waals surface area contributed by atoms with Crippen molar-refractivity contribution in [2.75, 3.05) is 12.4 Å². The fourth-order valence-electron chi connectivity index (χ4n) is 4.76. The molecule has 2 aliphatic rings. The number of rotatable bonds is 8. The summed E-state index contributed by atoms with van der Waals surface area (Å²) in [6.07, 6.45) is 2.95. The highest BCUT2D eigenvalue weighted by Crippen LogP contribution is 2.44. The van der Waals surface area contributed by atoms with Crippen LogP contribution in [0.3, 0.4) is 0 Å². The van der Waals surface area contributed by atoms with Crippen molar-refractivity contribution in [3.63, 3.8) is 0 Å². The third kappa shape index (κ3) is 4.41. The molecular formula is C27H30N2O5S. The Kier molecular flexibility index (Phi) is 6.05. The van der Waals surface area contributed by atoms with E-state index in [1.807, 2.05) is 48.0 Å². The summed E-state index contributed by atoms with van der Waals surface area (Å²) in [5.41, 5.74) is 3.55. The summed E-state index contributed by atoms with van der Waals surface area (Å²) in [6, 6.07) is 14.5. The second-order valence-electron chi connectivity index (χ2n) is 9.79. The van der Waals surface area contributed by atoms with Gasteiger partial charge in [-0.3, -0.25) is 9.48 Å². The van der Waals surface area contributed by atoms with Crippen molar-refractivity contribution in [1.29, 1.82) is 0 Å². The smallest absolute Gasteiger partial charge is 0.178 e. The average molecular weight is 495 g/mol. The van der Waals surface area contributed by atoms with Crippen LogP contribution in [0, 0.1) is 5.92 Å². The van der Waals surface area contributed by atoms with Crippen LogP contribution in [0.5, 0.6) is 5.75 Å². The van der Waals surface area contributed by atoms with Gasteiger partial charge in [0.1, 0.15) is 11.5 Å². The lowest BCUT2D eigenvalue weighted by molar-refractivity contribution is 0.0498. The van der Waals surface area contributed by atoms with Crippen molar-refractivity contribution in [1.82, 2.24) is 9.78 Å². The summed E-state index contributed by atoms with van der Waals surface area (Å²) in [4.78, 5) is 13.1. The van der Waals surface area contributed by atoms with Gasteiger partial charge < -0.3 is 9.84 Å². The number of ether oxygens (including phenoxy) is 1. The van der Waals surface area contributed by atoms with Gasteiger partial charge in [-0.15, -0.1) is 0 Å². The number of ketones is 1. The lowest BCUT2D eigenvalue weighted by atomic mass is 9.88. The molecule has 5 rings (SSSR count). The second-order valence-corrected chi connectivity index (χ2v) is 12.3. The van der Waals surface area contributed by atoms with Crippen molar-refractivity contribution in [3.8, 4) is 16.9 Å². The van der Waals surface area contributed by atoms with Crippen molar-refractivity contribution in [2.24, 2.45) is 5.92 Å². The number of aliphatic hydroxyl groups excluding tert-OH is 1. The minimum absolute atomic E-state index is 0.0989. The van der Waals surface area contributed by atoms with E-state index < -0.39 is 32.2 Å². The first-order valence-electron chi connectivity index (χ1n) is 12.0. The summed E-state index contributed by atoms with van der Waals surface area (Å²) < 4.78 is 32.6. The van der Waals surface area contributed by atoms with E-state index in [2.05, 4.69) is 5.10 Å². The van der Waals surface area contributed by atoms with Crippen molar-refractivity contribution >= 4 is 15.6 Å². The fourth-order valence-corrected chi connectivity index (χ4v) is 6.33. The molecule has 2 heterocycles. The number of carbonyl (C=O) groups excluding carboxylic acids is 1. The summed E-state index contributed by atoms with van der Waals surface area (Å²) in [7, 11) is -3.50. The molecular weight excluding hydrogens is 464 g/mol. The Bertz CT molecular complexity index is 1370. The minimum Gasteiger partial charge on any atom is -0.493 e. The van der Waals surface area contributed by atoms with Crippen molar-refractivity contribution < 1.29 is 23.1 Å². The molecule has 3 aromatic rings. The second kappa shape index (κ2) is 8.91. The van der Waals surface area contributed by atoms with Crippen LogP contribution in [0.1, 0.15) is 54.4 Å². The molecule has 1 fully saturated rings. The first kappa shape index (κ1) is 23.8. The third-order valence-corrected chi connectivity index (χ3v) is 9.92. The van der Waals surface area contributed by atoms with Gasteiger partial charge in [-0.05, 0) is 56.4 Å². The van der Waals surface area contributed by atoms with Gasteiger partial charge in [-0.2, -0.15) is 5.10 Å². The monoisotopic (exact) mass is 494 g/mol. The number of fused-ring (bicyclic) bond motifs is 1. The van der Waals surface area contributed by atoms with Gasteiger partial charge >= 0.3 is 0 Å². The Balaban J connectivity index is 1.39. The number of benzene rings is 2. The zero-order valence-corrected chi connectivity index (χ0v) is 20.8. The predicted molar refractivity (Wildman–Crippen MR) is 133 cm³/mol. The molecule has 1 aliphatic carbocycles. The van der Waals surface area contributed by atoms with E-state index in [0.717, 1.165) is 17.8 Å². The number of nitrogens with zero attached hydrogens (tertiary/aromatic N) is 2. The van der Waals surface area contributed by atoms with Gasteiger partial charge in [0, 0.05) is 35.5 Å². The molecule has 8 heteroatoms. The van der Waals surface area contributed by atoms with E-state index >= 15 is 0 Å². The maximum absolute atomic E-state index is 13.1. The third-order valence-electron chi connectivity index (χ3n) is 7.37. The molecule has 1 N–H and O–H groups in total. The highest BCUT2D eigenvalue weighted by molar-refractivity contribution is 7.93. The minimum atomic E-state index is -3.50. The zero-order valence-electron chi connectivity index (χ0n) is 20.0. The summed E-state index contributed by atoms with van der Waals surface area (Å²) in [5, 5.41) is 15.4.